The summed E-state index contributed by atoms with van der Waals surface area (Å²) in [7, 11) is 4.85. The van der Waals surface area contributed by atoms with Crippen molar-refractivity contribution in [1.82, 2.24) is 0 Å². The Morgan fingerprint density at radius 3 is 1.79 bits per heavy atom. The molecule has 0 spiro atoms. The molecule has 4 rings (SSSR count). The van der Waals surface area contributed by atoms with E-state index in [-0.39, 0.29) is 5.78 Å². The van der Waals surface area contributed by atoms with E-state index in [1.54, 1.807) is 27.4 Å². The fourth-order valence-electron chi connectivity index (χ4n) is 3.73. The standard InChI is InChI=1S/C25H22O4/c1-15-5-10-21-22(11-15)23(16-6-8-18(27-2)9-7-16)24(25(21)26)17-12-19(28-3)14-20(13-17)29-4/h5-14H,1-4H3. The number of hydrogen-bond donors (Lipinski definition) is 0. The molecule has 0 unspecified atom stereocenters. The van der Waals surface area contributed by atoms with Crippen molar-refractivity contribution >= 4 is 16.9 Å². The number of carbonyl (C=O) groups is 1. The van der Waals surface area contributed by atoms with Gasteiger partial charge >= 0.3 is 0 Å². The van der Waals surface area contributed by atoms with Gasteiger partial charge in [-0.15, -0.1) is 0 Å². The zero-order valence-corrected chi connectivity index (χ0v) is 16.9. The van der Waals surface area contributed by atoms with Crippen LogP contribution in [0.3, 0.4) is 0 Å². The second-order valence-corrected chi connectivity index (χ2v) is 6.96. The Morgan fingerprint density at radius 1 is 0.586 bits per heavy atom. The van der Waals surface area contributed by atoms with Crippen molar-refractivity contribution in [3.05, 3.63) is 88.5 Å². The fraction of sp³-hybridized carbons (Fsp3) is 0.160. The van der Waals surface area contributed by atoms with Crippen molar-refractivity contribution in [2.45, 2.75) is 6.92 Å². The fourth-order valence-corrected chi connectivity index (χ4v) is 3.73. The largest absolute Gasteiger partial charge is 0.497 e. The van der Waals surface area contributed by atoms with Gasteiger partial charge in [-0.05, 0) is 47.9 Å². The molecule has 0 atom stereocenters. The molecule has 0 bridgehead atoms. The van der Waals surface area contributed by atoms with Crippen molar-refractivity contribution in [2.24, 2.45) is 0 Å². The first kappa shape index (κ1) is 18.8. The van der Waals surface area contributed by atoms with Gasteiger partial charge in [0.2, 0.25) is 0 Å². The average Bonchev–Trinajstić information content (AvgIpc) is 3.04. The Balaban J connectivity index is 2.01. The molecule has 0 aromatic heterocycles. The lowest BCUT2D eigenvalue weighted by atomic mass is 9.93. The first-order valence-corrected chi connectivity index (χ1v) is 9.33. The summed E-state index contributed by atoms with van der Waals surface area (Å²) < 4.78 is 16.2. The van der Waals surface area contributed by atoms with Gasteiger partial charge in [0.05, 0.1) is 21.3 Å². The lowest BCUT2D eigenvalue weighted by molar-refractivity contribution is 0.105. The van der Waals surface area contributed by atoms with E-state index in [1.165, 1.54) is 0 Å². The molecule has 0 aliphatic heterocycles. The van der Waals surface area contributed by atoms with Crippen LogP contribution >= 0.6 is 0 Å². The van der Waals surface area contributed by atoms with Gasteiger partial charge in [0.15, 0.2) is 5.78 Å². The lowest BCUT2D eigenvalue weighted by Gasteiger charge is -2.12. The minimum absolute atomic E-state index is 0.00104. The third kappa shape index (κ3) is 3.27. The number of hydrogen-bond acceptors (Lipinski definition) is 4. The summed E-state index contributed by atoms with van der Waals surface area (Å²) in [6.45, 7) is 2.03. The third-order valence-corrected chi connectivity index (χ3v) is 5.18. The molecule has 0 amide bonds. The van der Waals surface area contributed by atoms with Gasteiger partial charge in [-0.25, -0.2) is 0 Å². The molecule has 0 radical (unpaired) electrons. The maximum atomic E-state index is 13.5. The third-order valence-electron chi connectivity index (χ3n) is 5.18. The minimum atomic E-state index is 0.00104. The highest BCUT2D eigenvalue weighted by Crippen LogP contribution is 2.44. The number of fused-ring (bicyclic) bond motifs is 1. The number of carbonyl (C=O) groups excluding carboxylic acids is 1. The number of rotatable bonds is 5. The van der Waals surface area contributed by atoms with E-state index in [0.29, 0.717) is 22.6 Å². The quantitative estimate of drug-likeness (QED) is 0.606. The van der Waals surface area contributed by atoms with E-state index >= 15 is 0 Å². The van der Waals surface area contributed by atoms with Gasteiger partial charge in [-0.3, -0.25) is 4.79 Å². The van der Waals surface area contributed by atoms with Gasteiger partial charge in [0.1, 0.15) is 17.2 Å². The molecule has 1 aliphatic rings. The molecule has 0 N–H and O–H groups in total. The Bertz CT molecular complexity index is 1100. The SMILES string of the molecule is COc1ccc(C2=C(c3cc(OC)cc(OC)c3)C(=O)c3ccc(C)cc32)cc1. The first-order chi connectivity index (χ1) is 14.0. The summed E-state index contributed by atoms with van der Waals surface area (Å²) in [6.07, 6.45) is 0. The van der Waals surface area contributed by atoms with Gasteiger partial charge in [0, 0.05) is 22.8 Å². The van der Waals surface area contributed by atoms with Crippen molar-refractivity contribution < 1.29 is 19.0 Å². The zero-order chi connectivity index (χ0) is 20.5. The number of methoxy groups -OCH3 is 3. The van der Waals surface area contributed by atoms with Crippen LogP contribution in [-0.4, -0.2) is 27.1 Å². The molecule has 4 nitrogen and oxygen atoms in total. The molecular weight excluding hydrogens is 364 g/mol. The van der Waals surface area contributed by atoms with Crippen LogP contribution in [0, 0.1) is 6.92 Å². The van der Waals surface area contributed by atoms with Gasteiger partial charge in [-0.2, -0.15) is 0 Å². The molecule has 29 heavy (non-hydrogen) atoms. The van der Waals surface area contributed by atoms with Crippen LogP contribution in [0.15, 0.2) is 60.7 Å². The molecule has 3 aromatic rings. The summed E-state index contributed by atoms with van der Waals surface area (Å²) in [5.74, 6) is 2.05. The number of ether oxygens (including phenoxy) is 3. The van der Waals surface area contributed by atoms with E-state index in [2.05, 4.69) is 6.07 Å². The number of benzene rings is 3. The molecule has 4 heteroatoms. The van der Waals surface area contributed by atoms with Crippen LogP contribution in [-0.2, 0) is 0 Å². The van der Waals surface area contributed by atoms with E-state index in [1.807, 2.05) is 55.5 Å². The summed E-state index contributed by atoms with van der Waals surface area (Å²) in [5, 5.41) is 0. The number of aryl methyl sites for hydroxylation is 1. The lowest BCUT2D eigenvalue weighted by Crippen LogP contribution is -2.00. The highest BCUT2D eigenvalue weighted by molar-refractivity contribution is 6.41. The Labute approximate surface area is 170 Å². The Kier molecular flexibility index (Phi) is 4.85. The molecular formula is C25H22O4. The second kappa shape index (κ2) is 7.47. The van der Waals surface area contributed by atoms with Gasteiger partial charge < -0.3 is 14.2 Å². The van der Waals surface area contributed by atoms with Gasteiger partial charge in [-0.1, -0.05) is 35.9 Å². The van der Waals surface area contributed by atoms with Gasteiger partial charge in [0.25, 0.3) is 0 Å². The monoisotopic (exact) mass is 386 g/mol. The summed E-state index contributed by atoms with van der Waals surface area (Å²) in [4.78, 5) is 13.5. The van der Waals surface area contributed by atoms with E-state index in [0.717, 1.165) is 33.6 Å². The normalized spacial score (nSPS) is 12.8. The van der Waals surface area contributed by atoms with E-state index < -0.39 is 0 Å². The summed E-state index contributed by atoms with van der Waals surface area (Å²) >= 11 is 0. The van der Waals surface area contributed by atoms with Crippen LogP contribution in [0.25, 0.3) is 11.1 Å². The van der Waals surface area contributed by atoms with Crippen LogP contribution in [0.1, 0.15) is 32.6 Å². The predicted molar refractivity (Wildman–Crippen MR) is 114 cm³/mol. The minimum Gasteiger partial charge on any atom is -0.497 e. The Hall–Kier alpha value is -3.53. The van der Waals surface area contributed by atoms with Crippen molar-refractivity contribution in [3.63, 3.8) is 0 Å². The van der Waals surface area contributed by atoms with Crippen LogP contribution in [0.4, 0.5) is 0 Å². The highest BCUT2D eigenvalue weighted by atomic mass is 16.5. The Morgan fingerprint density at radius 2 is 1.21 bits per heavy atom. The molecule has 0 saturated carbocycles. The number of ketones is 1. The summed E-state index contributed by atoms with van der Waals surface area (Å²) in [6, 6.07) is 19.3. The maximum absolute atomic E-state index is 13.5. The predicted octanol–water partition coefficient (Wildman–Crippen LogP) is 5.18. The highest BCUT2D eigenvalue weighted by Gasteiger charge is 2.32. The number of allylic oxidation sites excluding steroid dienone is 1. The van der Waals surface area contributed by atoms with Crippen LogP contribution in [0.2, 0.25) is 0 Å². The maximum Gasteiger partial charge on any atom is 0.194 e. The molecule has 3 aromatic carbocycles. The van der Waals surface area contributed by atoms with E-state index in [9.17, 15) is 4.79 Å². The van der Waals surface area contributed by atoms with E-state index in [4.69, 9.17) is 14.2 Å². The molecule has 146 valence electrons. The second-order valence-electron chi connectivity index (χ2n) is 6.96. The smallest absolute Gasteiger partial charge is 0.194 e. The van der Waals surface area contributed by atoms with Crippen molar-refractivity contribution in [1.29, 1.82) is 0 Å². The zero-order valence-electron chi connectivity index (χ0n) is 16.9. The topological polar surface area (TPSA) is 44.8 Å². The number of Topliss-reactive ketones (excluding diaryl/α,β-unsaturated/α-hetero) is 1. The summed E-state index contributed by atoms with van der Waals surface area (Å²) in [5.41, 5.74) is 6.04. The van der Waals surface area contributed by atoms with Crippen LogP contribution < -0.4 is 14.2 Å². The first-order valence-electron chi connectivity index (χ1n) is 9.33. The molecule has 1 aliphatic carbocycles. The van der Waals surface area contributed by atoms with Crippen molar-refractivity contribution in [2.75, 3.05) is 21.3 Å². The average molecular weight is 386 g/mol. The molecule has 0 fully saturated rings. The molecule has 0 heterocycles. The van der Waals surface area contributed by atoms with Crippen LogP contribution in [0.5, 0.6) is 17.2 Å². The van der Waals surface area contributed by atoms with Crippen molar-refractivity contribution in [3.8, 4) is 17.2 Å². The molecule has 0 saturated heterocycles.